The van der Waals surface area contributed by atoms with Crippen molar-refractivity contribution in [2.75, 3.05) is 11.1 Å². The number of hydrogen-bond donors (Lipinski definition) is 2. The second-order valence-corrected chi connectivity index (χ2v) is 5.38. The van der Waals surface area contributed by atoms with E-state index < -0.39 is 0 Å². The number of nitrogen functional groups attached to an aromatic ring is 1. The Bertz CT molecular complexity index is 638. The molecular formula is C15H15BrN2O. The molecule has 0 aliphatic rings. The van der Waals surface area contributed by atoms with E-state index in [1.807, 2.05) is 38.1 Å². The molecular weight excluding hydrogens is 304 g/mol. The highest BCUT2D eigenvalue weighted by Crippen LogP contribution is 2.24. The first-order valence-corrected chi connectivity index (χ1v) is 6.70. The molecule has 0 bridgehead atoms. The molecule has 19 heavy (non-hydrogen) atoms. The number of aryl methyl sites for hydroxylation is 2. The molecule has 0 heterocycles. The van der Waals surface area contributed by atoms with Gasteiger partial charge < -0.3 is 11.1 Å². The molecule has 2 rings (SSSR count). The van der Waals surface area contributed by atoms with Crippen LogP contribution in [0.4, 0.5) is 11.4 Å². The van der Waals surface area contributed by atoms with Crippen molar-refractivity contribution in [1.29, 1.82) is 0 Å². The normalized spacial score (nSPS) is 10.3. The van der Waals surface area contributed by atoms with Gasteiger partial charge in [0.15, 0.2) is 0 Å². The van der Waals surface area contributed by atoms with Crippen molar-refractivity contribution in [3.63, 3.8) is 0 Å². The Morgan fingerprint density at radius 3 is 2.42 bits per heavy atom. The highest BCUT2D eigenvalue weighted by atomic mass is 79.9. The average Bonchev–Trinajstić information content (AvgIpc) is 2.35. The Morgan fingerprint density at radius 2 is 1.74 bits per heavy atom. The molecule has 4 heteroatoms. The summed E-state index contributed by atoms with van der Waals surface area (Å²) in [6.07, 6.45) is 0. The van der Waals surface area contributed by atoms with Gasteiger partial charge in [-0.2, -0.15) is 0 Å². The Morgan fingerprint density at radius 1 is 1.11 bits per heavy atom. The van der Waals surface area contributed by atoms with Crippen LogP contribution in [0.3, 0.4) is 0 Å². The molecule has 0 aliphatic carbocycles. The fraction of sp³-hybridized carbons (Fsp3) is 0.133. The van der Waals surface area contributed by atoms with Crippen LogP contribution < -0.4 is 11.1 Å². The number of anilines is 2. The summed E-state index contributed by atoms with van der Waals surface area (Å²) in [6, 6.07) is 11.2. The maximum Gasteiger partial charge on any atom is 0.257 e. The maximum absolute atomic E-state index is 12.2. The Balaban J connectivity index is 2.28. The zero-order valence-corrected chi connectivity index (χ0v) is 12.4. The van der Waals surface area contributed by atoms with Crippen molar-refractivity contribution >= 4 is 33.2 Å². The van der Waals surface area contributed by atoms with E-state index in [2.05, 4.69) is 21.2 Å². The van der Waals surface area contributed by atoms with Gasteiger partial charge in [-0.3, -0.25) is 4.79 Å². The molecule has 0 spiro atoms. The van der Waals surface area contributed by atoms with Crippen LogP contribution in [0, 0.1) is 13.8 Å². The summed E-state index contributed by atoms with van der Waals surface area (Å²) in [5, 5.41) is 2.86. The van der Waals surface area contributed by atoms with Crippen molar-refractivity contribution in [2.24, 2.45) is 0 Å². The van der Waals surface area contributed by atoms with E-state index in [1.54, 1.807) is 12.1 Å². The number of nitrogens with two attached hydrogens (primary N) is 1. The van der Waals surface area contributed by atoms with Gasteiger partial charge in [0.2, 0.25) is 0 Å². The number of carbonyl (C=O) groups is 1. The molecule has 2 aromatic rings. The lowest BCUT2D eigenvalue weighted by Crippen LogP contribution is -2.14. The Hall–Kier alpha value is -1.81. The number of carbonyl (C=O) groups excluding carboxylic acids is 1. The predicted octanol–water partition coefficient (Wildman–Crippen LogP) is 3.90. The van der Waals surface area contributed by atoms with Crippen LogP contribution in [0.5, 0.6) is 0 Å². The van der Waals surface area contributed by atoms with Gasteiger partial charge in [0.1, 0.15) is 0 Å². The first-order valence-electron chi connectivity index (χ1n) is 5.91. The number of hydrogen-bond acceptors (Lipinski definition) is 2. The summed E-state index contributed by atoms with van der Waals surface area (Å²) in [7, 11) is 0. The van der Waals surface area contributed by atoms with Crippen LogP contribution in [0.1, 0.15) is 21.5 Å². The molecule has 0 fully saturated rings. The average molecular weight is 319 g/mol. The van der Waals surface area contributed by atoms with Gasteiger partial charge in [0.25, 0.3) is 5.91 Å². The number of rotatable bonds is 2. The molecule has 0 radical (unpaired) electrons. The smallest absolute Gasteiger partial charge is 0.257 e. The van der Waals surface area contributed by atoms with Crippen LogP contribution in [0.25, 0.3) is 0 Å². The number of benzene rings is 2. The SMILES string of the molecule is Cc1ccc(NC(=O)c2cc(C)ccc2N)c(Br)c1. The summed E-state index contributed by atoms with van der Waals surface area (Å²) in [5.74, 6) is -0.203. The van der Waals surface area contributed by atoms with Crippen molar-refractivity contribution < 1.29 is 4.79 Å². The fourth-order valence-electron chi connectivity index (χ4n) is 1.78. The lowest BCUT2D eigenvalue weighted by atomic mass is 10.1. The minimum Gasteiger partial charge on any atom is -0.398 e. The summed E-state index contributed by atoms with van der Waals surface area (Å²) in [4.78, 5) is 12.2. The minimum atomic E-state index is -0.203. The maximum atomic E-state index is 12.2. The molecule has 3 nitrogen and oxygen atoms in total. The molecule has 2 aromatic carbocycles. The highest BCUT2D eigenvalue weighted by molar-refractivity contribution is 9.10. The van der Waals surface area contributed by atoms with Crippen molar-refractivity contribution in [3.8, 4) is 0 Å². The number of halogens is 1. The Labute approximate surface area is 121 Å². The molecule has 0 aromatic heterocycles. The molecule has 0 saturated heterocycles. The van der Waals surface area contributed by atoms with Gasteiger partial charge in [-0.05, 0) is 59.6 Å². The van der Waals surface area contributed by atoms with E-state index in [-0.39, 0.29) is 5.91 Å². The molecule has 0 saturated carbocycles. The van der Waals surface area contributed by atoms with Crippen LogP contribution in [-0.4, -0.2) is 5.91 Å². The molecule has 1 amide bonds. The van der Waals surface area contributed by atoms with Gasteiger partial charge >= 0.3 is 0 Å². The minimum absolute atomic E-state index is 0.203. The quantitative estimate of drug-likeness (QED) is 0.825. The third kappa shape index (κ3) is 3.15. The molecule has 98 valence electrons. The van der Waals surface area contributed by atoms with E-state index >= 15 is 0 Å². The third-order valence-electron chi connectivity index (χ3n) is 2.83. The lowest BCUT2D eigenvalue weighted by Gasteiger charge is -2.10. The fourth-order valence-corrected chi connectivity index (χ4v) is 2.37. The first kappa shape index (κ1) is 13.6. The van der Waals surface area contributed by atoms with E-state index in [1.165, 1.54) is 0 Å². The van der Waals surface area contributed by atoms with Gasteiger partial charge in [-0.25, -0.2) is 0 Å². The largest absolute Gasteiger partial charge is 0.398 e. The second-order valence-electron chi connectivity index (χ2n) is 4.53. The van der Waals surface area contributed by atoms with Crippen molar-refractivity contribution in [2.45, 2.75) is 13.8 Å². The predicted molar refractivity (Wildman–Crippen MR) is 82.4 cm³/mol. The second kappa shape index (κ2) is 5.45. The third-order valence-corrected chi connectivity index (χ3v) is 3.48. The zero-order valence-electron chi connectivity index (χ0n) is 10.8. The monoisotopic (exact) mass is 318 g/mol. The van der Waals surface area contributed by atoms with Crippen molar-refractivity contribution in [3.05, 3.63) is 57.6 Å². The summed E-state index contributed by atoms with van der Waals surface area (Å²) in [6.45, 7) is 3.92. The van der Waals surface area contributed by atoms with Gasteiger partial charge in [-0.1, -0.05) is 17.7 Å². The molecule has 3 N–H and O–H groups in total. The van der Waals surface area contributed by atoms with Crippen LogP contribution in [0.2, 0.25) is 0 Å². The van der Waals surface area contributed by atoms with E-state index in [0.29, 0.717) is 11.3 Å². The van der Waals surface area contributed by atoms with E-state index in [9.17, 15) is 4.79 Å². The van der Waals surface area contributed by atoms with Gasteiger partial charge in [0, 0.05) is 10.2 Å². The first-order chi connectivity index (χ1) is 8.97. The van der Waals surface area contributed by atoms with E-state index in [4.69, 9.17) is 5.73 Å². The lowest BCUT2D eigenvalue weighted by molar-refractivity contribution is 0.102. The summed E-state index contributed by atoms with van der Waals surface area (Å²) >= 11 is 3.44. The number of amides is 1. The zero-order chi connectivity index (χ0) is 14.0. The Kier molecular flexibility index (Phi) is 3.90. The van der Waals surface area contributed by atoms with Crippen LogP contribution in [0.15, 0.2) is 40.9 Å². The standard InChI is InChI=1S/C15H15BrN2O/c1-9-3-5-13(17)11(7-9)15(19)18-14-6-4-10(2)8-12(14)16/h3-8H,17H2,1-2H3,(H,18,19). The van der Waals surface area contributed by atoms with Crippen LogP contribution >= 0.6 is 15.9 Å². The molecule has 0 atom stereocenters. The van der Waals surface area contributed by atoms with Crippen molar-refractivity contribution in [1.82, 2.24) is 0 Å². The molecule has 0 aliphatic heterocycles. The topological polar surface area (TPSA) is 55.1 Å². The summed E-state index contributed by atoms with van der Waals surface area (Å²) < 4.78 is 0.854. The highest BCUT2D eigenvalue weighted by Gasteiger charge is 2.11. The van der Waals surface area contributed by atoms with Gasteiger partial charge in [-0.15, -0.1) is 0 Å². The van der Waals surface area contributed by atoms with Gasteiger partial charge in [0.05, 0.1) is 11.3 Å². The summed E-state index contributed by atoms with van der Waals surface area (Å²) in [5.41, 5.74) is 9.66. The molecule has 0 unspecified atom stereocenters. The van der Waals surface area contributed by atoms with E-state index in [0.717, 1.165) is 21.3 Å². The number of nitrogens with one attached hydrogen (secondary N) is 1. The van der Waals surface area contributed by atoms with Crippen LogP contribution in [-0.2, 0) is 0 Å².